The van der Waals surface area contributed by atoms with Crippen molar-refractivity contribution < 1.29 is 24.9 Å². The smallest absolute Gasteiger partial charge is 0.324 e. The maximum absolute atomic E-state index is 12.5. The van der Waals surface area contributed by atoms with Gasteiger partial charge in [0, 0.05) is 17.7 Å². The van der Waals surface area contributed by atoms with Gasteiger partial charge >= 0.3 is 5.97 Å². The van der Waals surface area contributed by atoms with Crippen molar-refractivity contribution in [1.82, 2.24) is 4.90 Å². The molecule has 0 bridgehead atoms. The zero-order chi connectivity index (χ0) is 33.8. The molecule has 0 aromatic carbocycles. The molecule has 0 aromatic rings. The molecule has 266 valence electrons. The van der Waals surface area contributed by atoms with Crippen LogP contribution >= 0.6 is 11.6 Å². The van der Waals surface area contributed by atoms with Gasteiger partial charge in [-0.1, -0.05) is 115 Å². The van der Waals surface area contributed by atoms with E-state index in [1.165, 1.54) is 70.6 Å². The fourth-order valence-electron chi connectivity index (χ4n) is 7.87. The van der Waals surface area contributed by atoms with Crippen LogP contribution in [-0.4, -0.2) is 69.2 Å². The number of aliphatic hydroxyl groups is 2. The Morgan fingerprint density at radius 2 is 1.59 bits per heavy atom. The molecule has 0 amide bonds. The summed E-state index contributed by atoms with van der Waals surface area (Å²) in [6.45, 7) is 5.07. The van der Waals surface area contributed by atoms with Crippen LogP contribution in [0, 0.1) is 17.3 Å². The normalized spacial score (nSPS) is 24.8. The molecule has 2 aliphatic carbocycles. The summed E-state index contributed by atoms with van der Waals surface area (Å²) in [5.74, 6) is -0.917. The van der Waals surface area contributed by atoms with Crippen molar-refractivity contribution in [3.63, 3.8) is 0 Å². The topological polar surface area (TPSA) is 98.1 Å². The third-order valence-electron chi connectivity index (χ3n) is 11.5. The highest BCUT2D eigenvalue weighted by atomic mass is 35.5. The first-order valence-electron chi connectivity index (χ1n) is 18.9. The number of aliphatic carboxylic acids is 1. The molecule has 46 heavy (non-hydrogen) atoms. The Labute approximate surface area is 286 Å². The van der Waals surface area contributed by atoms with Crippen molar-refractivity contribution in [3.8, 4) is 0 Å². The number of halogens is 1. The van der Waals surface area contributed by atoms with Gasteiger partial charge in [-0.2, -0.15) is 0 Å². The predicted octanol–water partition coefficient (Wildman–Crippen LogP) is 9.25. The van der Waals surface area contributed by atoms with E-state index in [1.807, 2.05) is 24.1 Å². The van der Waals surface area contributed by atoms with E-state index in [2.05, 4.69) is 26.0 Å². The minimum atomic E-state index is -1.20. The van der Waals surface area contributed by atoms with Gasteiger partial charge in [-0.05, 0) is 82.7 Å². The maximum Gasteiger partial charge on any atom is 0.324 e. The maximum atomic E-state index is 12.5. The second-order valence-electron chi connectivity index (χ2n) is 14.6. The number of carbonyl (C=O) groups excluding carboxylic acids is 1. The number of rotatable bonds is 27. The largest absolute Gasteiger partial charge is 0.480 e. The molecule has 6 nitrogen and oxygen atoms in total. The lowest BCUT2D eigenvalue weighted by atomic mass is 9.63. The molecule has 2 rings (SSSR count). The molecule has 0 radical (unpaired) electrons. The molecule has 3 N–H and O–H groups in total. The van der Waals surface area contributed by atoms with Crippen LogP contribution in [0.1, 0.15) is 155 Å². The number of hydrogen-bond acceptors (Lipinski definition) is 5. The van der Waals surface area contributed by atoms with Crippen molar-refractivity contribution >= 4 is 23.9 Å². The molecular weight excluding hydrogens is 598 g/mol. The van der Waals surface area contributed by atoms with Crippen molar-refractivity contribution in [2.45, 2.75) is 178 Å². The molecule has 7 heteroatoms. The molecule has 2 fully saturated rings. The number of hydrogen-bond donors (Lipinski definition) is 3. The van der Waals surface area contributed by atoms with Gasteiger partial charge in [0.2, 0.25) is 0 Å². The number of carbonyl (C=O) groups is 2. The number of unbranched alkanes of at least 4 members (excludes halogenated alkanes) is 11. The molecule has 0 aromatic heterocycles. The number of aldehydes is 1. The van der Waals surface area contributed by atoms with Crippen molar-refractivity contribution in [1.29, 1.82) is 0 Å². The summed E-state index contributed by atoms with van der Waals surface area (Å²) in [6.07, 6.45) is 30.3. The zero-order valence-electron chi connectivity index (χ0n) is 29.5. The number of aliphatic hydroxyl groups excluding tert-OH is 2. The summed E-state index contributed by atoms with van der Waals surface area (Å²) in [6, 6.07) is 0. The minimum absolute atomic E-state index is 0.0263. The van der Waals surface area contributed by atoms with E-state index < -0.39 is 17.6 Å². The predicted molar refractivity (Wildman–Crippen MR) is 191 cm³/mol. The first kappa shape index (κ1) is 41.0. The highest BCUT2D eigenvalue weighted by Gasteiger charge is 2.43. The molecule has 1 unspecified atom stereocenters. The van der Waals surface area contributed by atoms with Gasteiger partial charge in [-0.25, -0.2) is 0 Å². The summed E-state index contributed by atoms with van der Waals surface area (Å²) in [5, 5.41) is 31.6. The molecule has 0 aliphatic heterocycles. The Hall–Kier alpha value is -1.21. The van der Waals surface area contributed by atoms with E-state index >= 15 is 0 Å². The monoisotopic (exact) mass is 665 g/mol. The first-order valence-corrected chi connectivity index (χ1v) is 19.3. The van der Waals surface area contributed by atoms with Crippen LogP contribution in [0.3, 0.4) is 0 Å². The van der Waals surface area contributed by atoms with Crippen LogP contribution < -0.4 is 0 Å². The molecule has 0 saturated heterocycles. The van der Waals surface area contributed by atoms with E-state index in [9.17, 15) is 24.9 Å². The lowest BCUT2D eigenvalue weighted by molar-refractivity contribution is -0.153. The minimum Gasteiger partial charge on any atom is -0.480 e. The number of allylic oxidation sites excluding steroid dienone is 2. The molecule has 2 saturated carbocycles. The summed E-state index contributed by atoms with van der Waals surface area (Å²) >= 11 is 6.67. The van der Waals surface area contributed by atoms with Gasteiger partial charge in [-0.3, -0.25) is 9.69 Å². The highest BCUT2D eigenvalue weighted by Crippen LogP contribution is 2.48. The van der Waals surface area contributed by atoms with Crippen molar-refractivity contribution in [2.75, 3.05) is 13.6 Å². The molecule has 0 heterocycles. The summed E-state index contributed by atoms with van der Waals surface area (Å²) < 4.78 is 0. The van der Waals surface area contributed by atoms with Crippen LogP contribution in [0.4, 0.5) is 0 Å². The van der Waals surface area contributed by atoms with Gasteiger partial charge in [-0.15, -0.1) is 11.6 Å². The van der Waals surface area contributed by atoms with Gasteiger partial charge in [0.15, 0.2) is 0 Å². The lowest BCUT2D eigenvalue weighted by Crippen LogP contribution is -2.53. The van der Waals surface area contributed by atoms with Crippen LogP contribution in [-0.2, 0) is 9.59 Å². The third-order valence-corrected chi connectivity index (χ3v) is 12.0. The van der Waals surface area contributed by atoms with E-state index in [4.69, 9.17) is 11.6 Å². The summed E-state index contributed by atoms with van der Waals surface area (Å²) in [7, 11) is 1.85. The molecular formula is C39H68ClNO5. The quantitative estimate of drug-likeness (QED) is 0.0350. The Balaban J connectivity index is 1.79. The average molecular weight is 666 g/mol. The number of alkyl halides is 1. The Morgan fingerprint density at radius 1 is 0.978 bits per heavy atom. The van der Waals surface area contributed by atoms with Crippen molar-refractivity contribution in [3.05, 3.63) is 24.3 Å². The van der Waals surface area contributed by atoms with Gasteiger partial charge in [0.05, 0.1) is 12.2 Å². The second kappa shape index (κ2) is 22.4. The van der Waals surface area contributed by atoms with E-state index in [0.29, 0.717) is 38.6 Å². The number of carboxylic acid groups (broad SMARTS) is 1. The fourth-order valence-corrected chi connectivity index (χ4v) is 8.33. The molecule has 0 spiro atoms. The Kier molecular flexibility index (Phi) is 20.0. The number of carboxylic acids is 1. The Bertz CT molecular complexity index is 899. The van der Waals surface area contributed by atoms with E-state index in [1.54, 1.807) is 0 Å². The SMILES string of the molecule is CCCCCCCCCCCCCCN(C)C(CC=O)(CC/C=C\C[C@@H]1[C@@H](/C=C/C[C@H](O)C2(CC)CCC2)[C@H](O)C[C@H]1Cl)C(=O)O. The lowest BCUT2D eigenvalue weighted by Gasteiger charge is -2.45. The summed E-state index contributed by atoms with van der Waals surface area (Å²) in [5.41, 5.74) is -1.14. The standard InChI is InChI=1S/C39H68ClNO5/c1-4-6-7-8-9-10-11-12-13-14-15-19-29-41(3)39(28-30-42,37(45)46)27-18-16-17-22-32-33(35(43)31-34(32)40)23-20-24-36(44)38(5-2)25-21-26-38/h16-17,20,23,30,32-36,43-44H,4-15,18-19,21-22,24-29,31H2,1-3H3,(H,45,46)/b17-16-,23-20+/t32-,33-,34-,35-,36+,39?/m1/s1. The zero-order valence-corrected chi connectivity index (χ0v) is 30.3. The van der Waals surface area contributed by atoms with Crippen LogP contribution in [0.5, 0.6) is 0 Å². The molecule has 6 atom stereocenters. The second-order valence-corrected chi connectivity index (χ2v) is 15.1. The molecule has 2 aliphatic rings. The van der Waals surface area contributed by atoms with Crippen LogP contribution in [0.25, 0.3) is 0 Å². The average Bonchev–Trinajstić information content (AvgIpc) is 3.27. The van der Waals surface area contributed by atoms with Crippen LogP contribution in [0.15, 0.2) is 24.3 Å². The third kappa shape index (κ3) is 12.7. The van der Waals surface area contributed by atoms with Gasteiger partial charge < -0.3 is 20.1 Å². The van der Waals surface area contributed by atoms with Crippen molar-refractivity contribution in [2.24, 2.45) is 17.3 Å². The van der Waals surface area contributed by atoms with E-state index in [-0.39, 0.29) is 35.2 Å². The Morgan fingerprint density at radius 3 is 2.11 bits per heavy atom. The summed E-state index contributed by atoms with van der Waals surface area (Å²) in [4.78, 5) is 26.0. The first-order chi connectivity index (χ1) is 22.2. The highest BCUT2D eigenvalue weighted by molar-refractivity contribution is 6.21. The number of nitrogens with zero attached hydrogens (tertiary/aromatic N) is 1. The fraction of sp³-hybridized carbons (Fsp3) is 0.846. The van der Waals surface area contributed by atoms with Crippen LogP contribution in [0.2, 0.25) is 0 Å². The van der Waals surface area contributed by atoms with Gasteiger partial charge in [0.1, 0.15) is 11.8 Å². The number of likely N-dealkylation sites (N-methyl/N-ethyl adjacent to an activating group) is 1. The van der Waals surface area contributed by atoms with E-state index in [0.717, 1.165) is 38.4 Å². The van der Waals surface area contributed by atoms with Gasteiger partial charge in [0.25, 0.3) is 0 Å².